The van der Waals surface area contributed by atoms with Gasteiger partial charge in [-0.15, -0.1) is 12.4 Å². The van der Waals surface area contributed by atoms with Crippen molar-refractivity contribution in [3.63, 3.8) is 0 Å². The first-order valence-electron chi connectivity index (χ1n) is 11.5. The van der Waals surface area contributed by atoms with Gasteiger partial charge in [0.1, 0.15) is 11.8 Å². The zero-order valence-electron chi connectivity index (χ0n) is 19.7. The molecule has 35 heavy (non-hydrogen) atoms. The smallest absolute Gasteiger partial charge is 0.182 e. The molecule has 5 rings (SSSR count). The molecule has 0 saturated heterocycles. The summed E-state index contributed by atoms with van der Waals surface area (Å²) in [4.78, 5) is 14.4. The van der Waals surface area contributed by atoms with Gasteiger partial charge in [-0.25, -0.2) is 15.0 Å². The van der Waals surface area contributed by atoms with Crippen molar-refractivity contribution in [1.82, 2.24) is 25.3 Å². The maximum Gasteiger partial charge on any atom is 0.182 e. The van der Waals surface area contributed by atoms with Gasteiger partial charge in [0.25, 0.3) is 0 Å². The van der Waals surface area contributed by atoms with E-state index in [1.807, 2.05) is 0 Å². The van der Waals surface area contributed by atoms with Crippen molar-refractivity contribution in [2.24, 2.45) is 0 Å². The third-order valence-corrected chi connectivity index (χ3v) is 5.84. The van der Waals surface area contributed by atoms with Crippen LogP contribution in [0.15, 0.2) is 104 Å². The molecule has 2 heterocycles. The summed E-state index contributed by atoms with van der Waals surface area (Å²) in [6.45, 7) is 3.22. The van der Waals surface area contributed by atoms with E-state index in [1.165, 1.54) is 29.3 Å². The van der Waals surface area contributed by atoms with Gasteiger partial charge in [-0.2, -0.15) is 0 Å². The average molecular weight is 487 g/mol. The van der Waals surface area contributed by atoms with Crippen LogP contribution in [0.2, 0.25) is 0 Å². The fourth-order valence-electron chi connectivity index (χ4n) is 3.98. The van der Waals surface area contributed by atoms with Crippen LogP contribution in [0.1, 0.15) is 42.0 Å². The number of nitrogens with zero attached hydrogens (tertiary/aromatic N) is 3. The van der Waals surface area contributed by atoms with Crippen LogP contribution in [-0.2, 0) is 0 Å². The fourth-order valence-corrected chi connectivity index (χ4v) is 3.98. The van der Waals surface area contributed by atoms with E-state index >= 15 is 0 Å². The predicted molar refractivity (Wildman–Crippen MR) is 146 cm³/mol. The Hall–Kier alpha value is -3.74. The summed E-state index contributed by atoms with van der Waals surface area (Å²) in [7, 11) is 0. The summed E-state index contributed by atoms with van der Waals surface area (Å²) in [5.41, 5.74) is 10.9. The van der Waals surface area contributed by atoms with E-state index < -0.39 is 0 Å². The van der Waals surface area contributed by atoms with Crippen molar-refractivity contribution in [1.29, 1.82) is 0 Å². The summed E-state index contributed by atoms with van der Waals surface area (Å²) >= 11 is 0. The van der Waals surface area contributed by atoms with Crippen LogP contribution in [0.3, 0.4) is 0 Å². The zero-order chi connectivity index (χ0) is 23.6. The summed E-state index contributed by atoms with van der Waals surface area (Å²) in [6.07, 6.45) is 4.01. The summed E-state index contributed by atoms with van der Waals surface area (Å²) < 4.78 is 0. The lowest BCUT2D eigenvalue weighted by Gasteiger charge is -2.20. The largest absolute Gasteiger partial charge is 0.382 e. The molecule has 6 nitrogen and oxygen atoms in total. The Bertz CT molecular complexity index is 1220. The first kappa shape index (κ1) is 25.9. The lowest BCUT2D eigenvalue weighted by atomic mass is 9.88. The van der Waals surface area contributed by atoms with E-state index in [1.54, 1.807) is 0 Å². The molecule has 0 bridgehead atoms. The topological polar surface area (TPSA) is 92.5 Å². The average Bonchev–Trinajstić information content (AvgIpc) is 3.39. The van der Waals surface area contributed by atoms with Gasteiger partial charge in [0.2, 0.25) is 0 Å². The highest BCUT2D eigenvalue weighted by molar-refractivity contribution is 5.85. The third-order valence-electron chi connectivity index (χ3n) is 5.84. The SMILES string of the molecule is CC(NCCC(c1ccccc1)c1ccccc1)c1ccccc1.Cl.Nc1ncnc2nc[nH]c12. The molecule has 0 fully saturated rings. The normalized spacial score (nSPS) is 11.4. The Morgan fingerprint density at radius 2 is 1.31 bits per heavy atom. The Morgan fingerprint density at radius 3 is 1.86 bits per heavy atom. The number of aromatic nitrogens is 4. The van der Waals surface area contributed by atoms with E-state index in [4.69, 9.17) is 5.73 Å². The van der Waals surface area contributed by atoms with Gasteiger partial charge in [-0.05, 0) is 36.6 Å². The van der Waals surface area contributed by atoms with Crippen LogP contribution in [0, 0.1) is 0 Å². The maximum atomic E-state index is 5.48. The zero-order valence-corrected chi connectivity index (χ0v) is 20.5. The first-order valence-corrected chi connectivity index (χ1v) is 11.5. The Labute approximate surface area is 212 Å². The van der Waals surface area contributed by atoms with E-state index in [-0.39, 0.29) is 12.4 Å². The molecule has 180 valence electrons. The highest BCUT2D eigenvalue weighted by Gasteiger charge is 2.14. The van der Waals surface area contributed by atoms with Crippen molar-refractivity contribution >= 4 is 29.4 Å². The summed E-state index contributed by atoms with van der Waals surface area (Å²) in [5.74, 6) is 0.866. The van der Waals surface area contributed by atoms with Crippen molar-refractivity contribution in [2.75, 3.05) is 12.3 Å². The van der Waals surface area contributed by atoms with Crippen molar-refractivity contribution < 1.29 is 0 Å². The molecule has 1 atom stereocenters. The van der Waals surface area contributed by atoms with Crippen molar-refractivity contribution in [3.8, 4) is 0 Å². The highest BCUT2D eigenvalue weighted by atomic mass is 35.5. The van der Waals surface area contributed by atoms with E-state index in [2.05, 4.69) is 123 Å². The molecule has 5 aromatic rings. The van der Waals surface area contributed by atoms with Crippen LogP contribution in [-0.4, -0.2) is 26.5 Å². The number of hydrogen-bond acceptors (Lipinski definition) is 5. The van der Waals surface area contributed by atoms with Crippen LogP contribution in [0.5, 0.6) is 0 Å². The minimum absolute atomic E-state index is 0. The molecule has 0 radical (unpaired) electrons. The second-order valence-electron chi connectivity index (χ2n) is 8.11. The highest BCUT2D eigenvalue weighted by Crippen LogP contribution is 2.27. The minimum Gasteiger partial charge on any atom is -0.382 e. The van der Waals surface area contributed by atoms with Gasteiger partial charge in [0.15, 0.2) is 11.5 Å². The molecule has 4 N–H and O–H groups in total. The number of H-pyrrole nitrogens is 1. The predicted octanol–water partition coefficient (Wildman–Crippen LogP) is 5.92. The number of halogens is 1. The molecule has 1 unspecified atom stereocenters. The molecule has 3 aromatic carbocycles. The number of rotatable bonds is 7. The van der Waals surface area contributed by atoms with Gasteiger partial charge >= 0.3 is 0 Å². The monoisotopic (exact) mass is 486 g/mol. The van der Waals surface area contributed by atoms with Crippen LogP contribution in [0.4, 0.5) is 5.82 Å². The molecule has 0 aliphatic rings. The number of benzene rings is 3. The van der Waals surface area contributed by atoms with Gasteiger partial charge in [-0.3, -0.25) is 0 Å². The molecular weight excluding hydrogens is 456 g/mol. The number of hydrogen-bond donors (Lipinski definition) is 3. The molecule has 0 aliphatic heterocycles. The molecule has 0 spiro atoms. The van der Waals surface area contributed by atoms with E-state index in [0.717, 1.165) is 13.0 Å². The van der Waals surface area contributed by atoms with E-state index in [0.29, 0.717) is 28.9 Å². The van der Waals surface area contributed by atoms with Gasteiger partial charge in [0.05, 0.1) is 6.33 Å². The first-order chi connectivity index (χ1) is 16.7. The Balaban J connectivity index is 0.000000259. The molecule has 7 heteroatoms. The summed E-state index contributed by atoms with van der Waals surface area (Å²) in [5, 5.41) is 3.67. The number of aromatic amines is 1. The van der Waals surface area contributed by atoms with Crippen LogP contribution >= 0.6 is 12.4 Å². The van der Waals surface area contributed by atoms with Crippen LogP contribution in [0.25, 0.3) is 11.2 Å². The lowest BCUT2D eigenvalue weighted by Crippen LogP contribution is -2.21. The second kappa shape index (κ2) is 13.2. The standard InChI is InChI=1S/C23H25N.C5H5N5.ClH/c1-19(20-11-5-2-6-12-20)24-18-17-23(21-13-7-3-8-14-21)22-15-9-4-10-16-22;6-4-3-5(9-1-7-3)10-2-8-4;/h2-16,19,23-24H,17-18H2,1H3;1-2H,(H3,6,7,8,9,10);1H. The number of nitrogen functional groups attached to an aromatic ring is 1. The number of fused-ring (bicyclic) bond motifs is 1. The summed E-state index contributed by atoms with van der Waals surface area (Å²) in [6, 6.07) is 32.6. The maximum absolute atomic E-state index is 5.48. The number of nitrogens with two attached hydrogens (primary N) is 1. The molecule has 2 aromatic heterocycles. The van der Waals surface area contributed by atoms with Gasteiger partial charge in [-0.1, -0.05) is 91.0 Å². The quantitative estimate of drug-likeness (QED) is 0.265. The molecule has 0 amide bonds. The van der Waals surface area contributed by atoms with Crippen molar-refractivity contribution in [2.45, 2.75) is 25.3 Å². The number of nitrogens with one attached hydrogen (secondary N) is 2. The number of anilines is 1. The van der Waals surface area contributed by atoms with Crippen molar-refractivity contribution in [3.05, 3.63) is 120 Å². The van der Waals surface area contributed by atoms with Gasteiger partial charge < -0.3 is 16.0 Å². The lowest BCUT2D eigenvalue weighted by molar-refractivity contribution is 0.540. The third kappa shape index (κ3) is 7.12. The van der Waals surface area contributed by atoms with E-state index in [9.17, 15) is 0 Å². The molecule has 0 saturated carbocycles. The Kier molecular flexibility index (Phi) is 9.78. The van der Waals surface area contributed by atoms with Gasteiger partial charge in [0, 0.05) is 12.0 Å². The molecular formula is C28H31ClN6. The minimum atomic E-state index is 0. The Morgan fingerprint density at radius 1 is 0.771 bits per heavy atom. The second-order valence-corrected chi connectivity index (χ2v) is 8.11. The number of imidazole rings is 1. The van der Waals surface area contributed by atoms with Crippen LogP contribution < -0.4 is 11.1 Å². The fraction of sp³-hybridized carbons (Fsp3) is 0.179. The molecule has 0 aliphatic carbocycles.